The van der Waals surface area contributed by atoms with Gasteiger partial charge in [0.25, 0.3) is 0 Å². The number of nitrogens with two attached hydrogens (primary N) is 1. The first kappa shape index (κ1) is 10.1. The van der Waals surface area contributed by atoms with Gasteiger partial charge in [0.2, 0.25) is 0 Å². The van der Waals surface area contributed by atoms with Crippen molar-refractivity contribution >= 4 is 0 Å². The fourth-order valence-corrected chi connectivity index (χ4v) is 0.983. The van der Waals surface area contributed by atoms with Crippen molar-refractivity contribution in [1.82, 2.24) is 0 Å². The highest BCUT2D eigenvalue weighted by molar-refractivity contribution is 5.23. The summed E-state index contributed by atoms with van der Waals surface area (Å²) in [5.41, 5.74) is 4.00. The van der Waals surface area contributed by atoms with Crippen LogP contribution >= 0.6 is 0 Å². The van der Waals surface area contributed by atoms with Crippen molar-refractivity contribution in [2.24, 2.45) is 5.73 Å². The van der Waals surface area contributed by atoms with Gasteiger partial charge < -0.3 is 10.8 Å². The van der Waals surface area contributed by atoms with E-state index < -0.39 is 17.2 Å². The van der Waals surface area contributed by atoms with Gasteiger partial charge in [-0.05, 0) is 24.6 Å². The van der Waals surface area contributed by atoms with Gasteiger partial charge in [0.1, 0.15) is 11.6 Å². The lowest BCUT2D eigenvalue weighted by Gasteiger charge is -2.21. The molecule has 0 aromatic heterocycles. The van der Waals surface area contributed by atoms with Gasteiger partial charge in [-0.1, -0.05) is 0 Å². The zero-order valence-electron chi connectivity index (χ0n) is 7.22. The van der Waals surface area contributed by atoms with Gasteiger partial charge in [-0.2, -0.15) is 0 Å². The van der Waals surface area contributed by atoms with E-state index in [4.69, 9.17) is 5.73 Å². The lowest BCUT2D eigenvalue weighted by molar-refractivity contribution is 0.0661. The SMILES string of the molecule is C[C@](O)(CN)c1cc(F)cc(F)c1. The van der Waals surface area contributed by atoms with E-state index in [0.29, 0.717) is 0 Å². The number of aliphatic hydroxyl groups is 1. The summed E-state index contributed by atoms with van der Waals surface area (Å²) in [4.78, 5) is 0. The quantitative estimate of drug-likeness (QED) is 0.729. The predicted molar refractivity (Wildman–Crippen MR) is 45.0 cm³/mol. The Morgan fingerprint density at radius 1 is 1.31 bits per heavy atom. The van der Waals surface area contributed by atoms with E-state index in [0.717, 1.165) is 18.2 Å². The summed E-state index contributed by atoms with van der Waals surface area (Å²) in [6.45, 7) is 1.32. The Kier molecular flexibility index (Phi) is 2.63. The highest BCUT2D eigenvalue weighted by atomic mass is 19.1. The predicted octanol–water partition coefficient (Wildman–Crippen LogP) is 1.13. The Morgan fingerprint density at radius 2 is 1.77 bits per heavy atom. The molecular formula is C9H11F2NO. The number of rotatable bonds is 2. The summed E-state index contributed by atoms with van der Waals surface area (Å²) >= 11 is 0. The van der Waals surface area contributed by atoms with E-state index in [1.807, 2.05) is 0 Å². The van der Waals surface area contributed by atoms with Gasteiger partial charge in [-0.25, -0.2) is 8.78 Å². The molecule has 0 aliphatic carbocycles. The molecule has 0 saturated heterocycles. The Balaban J connectivity index is 3.15. The molecule has 13 heavy (non-hydrogen) atoms. The van der Waals surface area contributed by atoms with Crippen molar-refractivity contribution in [2.45, 2.75) is 12.5 Å². The zero-order valence-corrected chi connectivity index (χ0v) is 7.22. The first-order chi connectivity index (χ1) is 5.95. The number of halogens is 2. The number of benzene rings is 1. The van der Waals surface area contributed by atoms with Crippen LogP contribution in [0, 0.1) is 11.6 Å². The molecule has 1 aromatic carbocycles. The van der Waals surface area contributed by atoms with Crippen LogP contribution in [0.2, 0.25) is 0 Å². The number of hydrogen-bond donors (Lipinski definition) is 2. The van der Waals surface area contributed by atoms with Crippen LogP contribution < -0.4 is 5.73 Å². The van der Waals surface area contributed by atoms with Crippen molar-refractivity contribution in [3.8, 4) is 0 Å². The first-order valence-corrected chi connectivity index (χ1v) is 3.85. The average molecular weight is 187 g/mol. The van der Waals surface area contributed by atoms with E-state index in [9.17, 15) is 13.9 Å². The Bertz CT molecular complexity index is 292. The third-order valence-corrected chi connectivity index (χ3v) is 1.88. The first-order valence-electron chi connectivity index (χ1n) is 3.85. The molecule has 1 aromatic rings. The van der Waals surface area contributed by atoms with Crippen LogP contribution in [0.25, 0.3) is 0 Å². The van der Waals surface area contributed by atoms with Gasteiger partial charge >= 0.3 is 0 Å². The van der Waals surface area contributed by atoms with E-state index in [2.05, 4.69) is 0 Å². The van der Waals surface area contributed by atoms with Crippen molar-refractivity contribution in [2.75, 3.05) is 6.54 Å². The van der Waals surface area contributed by atoms with E-state index in [1.54, 1.807) is 0 Å². The zero-order chi connectivity index (χ0) is 10.1. The van der Waals surface area contributed by atoms with Crippen LogP contribution in [0.4, 0.5) is 8.78 Å². The molecule has 0 amide bonds. The molecule has 1 rings (SSSR count). The normalized spacial score (nSPS) is 15.5. The fourth-order valence-electron chi connectivity index (χ4n) is 0.983. The molecule has 0 aliphatic rings. The van der Waals surface area contributed by atoms with Crippen molar-refractivity contribution in [3.05, 3.63) is 35.4 Å². The lowest BCUT2D eigenvalue weighted by Crippen LogP contribution is -2.31. The van der Waals surface area contributed by atoms with Crippen LogP contribution in [0.3, 0.4) is 0 Å². The molecule has 4 heteroatoms. The third-order valence-electron chi connectivity index (χ3n) is 1.88. The maximum atomic E-state index is 12.7. The molecule has 3 N–H and O–H groups in total. The standard InChI is InChI=1S/C9H11F2NO/c1-9(13,5-12)6-2-7(10)4-8(11)3-6/h2-4,13H,5,12H2,1H3/t9-/m0/s1. The molecule has 1 atom stereocenters. The van der Waals surface area contributed by atoms with Crippen LogP contribution in [0.1, 0.15) is 12.5 Å². The molecule has 2 nitrogen and oxygen atoms in total. The second-order valence-electron chi connectivity index (χ2n) is 3.14. The van der Waals surface area contributed by atoms with Gasteiger partial charge in [0.05, 0.1) is 5.60 Å². The molecule has 0 saturated carbocycles. The summed E-state index contributed by atoms with van der Waals surface area (Å²) < 4.78 is 25.4. The van der Waals surface area contributed by atoms with E-state index >= 15 is 0 Å². The molecule has 72 valence electrons. The van der Waals surface area contributed by atoms with Gasteiger partial charge in [-0.15, -0.1) is 0 Å². The molecule has 0 fully saturated rings. The molecule has 0 bridgehead atoms. The summed E-state index contributed by atoms with van der Waals surface area (Å²) in [7, 11) is 0. The third kappa shape index (κ3) is 2.23. The second kappa shape index (κ2) is 3.40. The summed E-state index contributed by atoms with van der Waals surface area (Å²) in [6, 6.07) is 2.88. The molecule has 0 spiro atoms. The fraction of sp³-hybridized carbons (Fsp3) is 0.333. The van der Waals surface area contributed by atoms with Gasteiger partial charge in [0, 0.05) is 12.6 Å². The van der Waals surface area contributed by atoms with Gasteiger partial charge in [-0.3, -0.25) is 0 Å². The molecular weight excluding hydrogens is 176 g/mol. The van der Waals surface area contributed by atoms with Gasteiger partial charge in [0.15, 0.2) is 0 Å². The van der Waals surface area contributed by atoms with Crippen LogP contribution in [-0.4, -0.2) is 11.7 Å². The topological polar surface area (TPSA) is 46.2 Å². The van der Waals surface area contributed by atoms with Crippen LogP contribution in [0.15, 0.2) is 18.2 Å². The second-order valence-corrected chi connectivity index (χ2v) is 3.14. The Hall–Kier alpha value is -1.00. The molecule has 0 radical (unpaired) electrons. The summed E-state index contributed by atoms with van der Waals surface area (Å²) in [5, 5.41) is 9.59. The Morgan fingerprint density at radius 3 is 2.15 bits per heavy atom. The minimum atomic E-state index is -1.39. The molecule has 0 unspecified atom stereocenters. The largest absolute Gasteiger partial charge is 0.384 e. The van der Waals surface area contributed by atoms with Crippen LogP contribution in [-0.2, 0) is 5.60 Å². The van der Waals surface area contributed by atoms with E-state index in [1.165, 1.54) is 6.92 Å². The van der Waals surface area contributed by atoms with Crippen LogP contribution in [0.5, 0.6) is 0 Å². The molecule has 0 heterocycles. The van der Waals surface area contributed by atoms with E-state index in [-0.39, 0.29) is 12.1 Å². The lowest BCUT2D eigenvalue weighted by atomic mass is 9.96. The highest BCUT2D eigenvalue weighted by Crippen LogP contribution is 2.20. The highest BCUT2D eigenvalue weighted by Gasteiger charge is 2.22. The van der Waals surface area contributed by atoms with Crippen molar-refractivity contribution in [1.29, 1.82) is 0 Å². The van der Waals surface area contributed by atoms with Crippen molar-refractivity contribution < 1.29 is 13.9 Å². The average Bonchev–Trinajstić information content (AvgIpc) is 2.02. The maximum Gasteiger partial charge on any atom is 0.126 e. The molecule has 0 aliphatic heterocycles. The maximum absolute atomic E-state index is 12.7. The minimum absolute atomic E-state index is 0.0874. The van der Waals surface area contributed by atoms with Crippen molar-refractivity contribution in [3.63, 3.8) is 0 Å². The summed E-state index contributed by atoms with van der Waals surface area (Å²) in [5.74, 6) is -1.44. The summed E-state index contributed by atoms with van der Waals surface area (Å²) in [6.07, 6.45) is 0. The minimum Gasteiger partial charge on any atom is -0.384 e. The Labute approximate surface area is 75.0 Å². The smallest absolute Gasteiger partial charge is 0.126 e. The monoisotopic (exact) mass is 187 g/mol. The number of hydrogen-bond acceptors (Lipinski definition) is 2.